The van der Waals surface area contributed by atoms with Crippen LogP contribution in [0, 0.1) is 0 Å². The molecule has 1 aliphatic carbocycles. The molecule has 1 N–H and O–H groups in total. The van der Waals surface area contributed by atoms with Gasteiger partial charge < -0.3 is 10.1 Å². The lowest BCUT2D eigenvalue weighted by Gasteiger charge is -2.49. The third-order valence-corrected chi connectivity index (χ3v) is 4.30. The number of morpholine rings is 1. The van der Waals surface area contributed by atoms with Crippen molar-refractivity contribution in [3.8, 4) is 0 Å². The van der Waals surface area contributed by atoms with E-state index >= 15 is 0 Å². The molecule has 2 aliphatic heterocycles. The van der Waals surface area contributed by atoms with Gasteiger partial charge in [0.25, 0.3) is 0 Å². The monoisotopic (exact) mass is 282 g/mol. The molecule has 0 amide bonds. The Bertz CT molecular complexity index is 225. The summed E-state index contributed by atoms with van der Waals surface area (Å²) in [6.45, 7) is 5.51. The molecular weight excluding hydrogens is 259 g/mol. The number of halogens is 2. The first-order valence-electron chi connectivity index (χ1n) is 6.47. The highest BCUT2D eigenvalue weighted by atomic mass is 35.5. The van der Waals surface area contributed by atoms with Gasteiger partial charge in [-0.2, -0.15) is 0 Å². The van der Waals surface area contributed by atoms with Crippen molar-refractivity contribution in [1.29, 1.82) is 0 Å². The van der Waals surface area contributed by atoms with Crippen molar-refractivity contribution >= 4 is 24.8 Å². The Kier molecular flexibility index (Phi) is 6.00. The standard InChI is InChI=1S/C12H22N2O.2ClH/c1-3-11(4-1)14-7-8-15-12(10-14)5-2-6-13-9-12;;/h11,13H,1-10H2;2*1H. The quantitative estimate of drug-likeness (QED) is 0.794. The Morgan fingerprint density at radius 2 is 2.00 bits per heavy atom. The average Bonchev–Trinajstić information content (AvgIpc) is 2.16. The van der Waals surface area contributed by atoms with Crippen LogP contribution in [0.1, 0.15) is 32.1 Å². The van der Waals surface area contributed by atoms with Gasteiger partial charge in [0.2, 0.25) is 0 Å². The van der Waals surface area contributed by atoms with E-state index in [1.165, 1.54) is 45.2 Å². The van der Waals surface area contributed by atoms with Gasteiger partial charge in [0.1, 0.15) is 0 Å². The number of ether oxygens (including phenoxy) is 1. The lowest BCUT2D eigenvalue weighted by Crippen LogP contribution is -2.61. The zero-order chi connectivity index (χ0) is 10.1. The topological polar surface area (TPSA) is 24.5 Å². The van der Waals surface area contributed by atoms with Gasteiger partial charge in [0, 0.05) is 25.7 Å². The number of rotatable bonds is 1. The molecule has 5 heteroatoms. The molecule has 2 heterocycles. The van der Waals surface area contributed by atoms with Crippen molar-refractivity contribution in [3.05, 3.63) is 0 Å². The van der Waals surface area contributed by atoms with Crippen molar-refractivity contribution in [2.24, 2.45) is 0 Å². The summed E-state index contributed by atoms with van der Waals surface area (Å²) in [7, 11) is 0. The van der Waals surface area contributed by atoms with Crippen molar-refractivity contribution in [2.75, 3.05) is 32.8 Å². The van der Waals surface area contributed by atoms with Gasteiger partial charge in [0.15, 0.2) is 0 Å². The highest BCUT2D eigenvalue weighted by Gasteiger charge is 2.40. The largest absolute Gasteiger partial charge is 0.371 e. The van der Waals surface area contributed by atoms with E-state index in [1.54, 1.807) is 0 Å². The molecule has 0 aromatic carbocycles. The third-order valence-electron chi connectivity index (χ3n) is 4.30. The Morgan fingerprint density at radius 3 is 2.59 bits per heavy atom. The SMILES string of the molecule is C1CC(N2CCOC3(CCCNC3)C2)C1.Cl.Cl. The minimum atomic E-state index is 0. The second kappa shape index (κ2) is 6.58. The van der Waals surface area contributed by atoms with Gasteiger partial charge in [-0.25, -0.2) is 0 Å². The second-order valence-electron chi connectivity index (χ2n) is 5.37. The molecule has 3 nitrogen and oxygen atoms in total. The molecule has 0 radical (unpaired) electrons. The predicted molar refractivity (Wildman–Crippen MR) is 74.5 cm³/mol. The fourth-order valence-electron chi connectivity index (χ4n) is 3.14. The third kappa shape index (κ3) is 3.27. The summed E-state index contributed by atoms with van der Waals surface area (Å²) in [5.41, 5.74) is 0.159. The van der Waals surface area contributed by atoms with E-state index in [9.17, 15) is 0 Å². The molecule has 3 fully saturated rings. The lowest BCUT2D eigenvalue weighted by molar-refractivity contribution is -0.134. The maximum absolute atomic E-state index is 6.05. The first-order chi connectivity index (χ1) is 7.38. The van der Waals surface area contributed by atoms with Crippen LogP contribution in [0.3, 0.4) is 0 Å². The zero-order valence-electron chi connectivity index (χ0n) is 10.3. The first-order valence-corrected chi connectivity index (χ1v) is 6.47. The minimum Gasteiger partial charge on any atom is -0.371 e. The molecule has 1 saturated carbocycles. The van der Waals surface area contributed by atoms with E-state index in [0.29, 0.717) is 0 Å². The summed E-state index contributed by atoms with van der Waals surface area (Å²) in [6, 6.07) is 0.882. The van der Waals surface area contributed by atoms with Crippen LogP contribution in [0.25, 0.3) is 0 Å². The van der Waals surface area contributed by atoms with Crippen molar-refractivity contribution in [1.82, 2.24) is 10.2 Å². The summed E-state index contributed by atoms with van der Waals surface area (Å²) in [5.74, 6) is 0. The van der Waals surface area contributed by atoms with Gasteiger partial charge in [0.05, 0.1) is 12.2 Å². The summed E-state index contributed by atoms with van der Waals surface area (Å²) in [6.07, 6.45) is 6.81. The molecule has 1 atom stereocenters. The second-order valence-corrected chi connectivity index (χ2v) is 5.37. The number of nitrogens with zero attached hydrogens (tertiary/aromatic N) is 1. The zero-order valence-corrected chi connectivity index (χ0v) is 12.0. The maximum atomic E-state index is 6.05. The molecule has 0 bridgehead atoms. The predicted octanol–water partition coefficient (Wildman–Crippen LogP) is 1.84. The lowest BCUT2D eigenvalue weighted by atomic mass is 9.87. The van der Waals surface area contributed by atoms with Gasteiger partial charge in [-0.15, -0.1) is 24.8 Å². The number of hydrogen-bond acceptors (Lipinski definition) is 3. The van der Waals surface area contributed by atoms with Crippen molar-refractivity contribution < 1.29 is 4.74 Å². The molecule has 3 rings (SSSR count). The van der Waals surface area contributed by atoms with E-state index < -0.39 is 0 Å². The summed E-state index contributed by atoms with van der Waals surface area (Å²) in [4.78, 5) is 2.68. The fourth-order valence-corrected chi connectivity index (χ4v) is 3.14. The Balaban J connectivity index is 0.000000722. The number of nitrogens with one attached hydrogen (secondary N) is 1. The molecule has 2 saturated heterocycles. The van der Waals surface area contributed by atoms with Gasteiger partial charge in [-0.1, -0.05) is 6.42 Å². The summed E-state index contributed by atoms with van der Waals surface area (Å²) >= 11 is 0. The average molecular weight is 283 g/mol. The molecule has 0 aromatic heterocycles. The van der Waals surface area contributed by atoms with E-state index in [0.717, 1.165) is 25.7 Å². The highest BCUT2D eigenvalue weighted by molar-refractivity contribution is 5.85. The Labute approximate surface area is 116 Å². The summed E-state index contributed by atoms with van der Waals surface area (Å²) < 4.78 is 6.05. The normalized spacial score (nSPS) is 34.6. The van der Waals surface area contributed by atoms with E-state index in [2.05, 4.69) is 10.2 Å². The maximum Gasteiger partial charge on any atom is 0.0933 e. The molecular formula is C12H24Cl2N2O. The molecule has 17 heavy (non-hydrogen) atoms. The Morgan fingerprint density at radius 1 is 1.18 bits per heavy atom. The fraction of sp³-hybridized carbons (Fsp3) is 1.00. The van der Waals surface area contributed by atoms with Crippen LogP contribution in [0.2, 0.25) is 0 Å². The van der Waals surface area contributed by atoms with Crippen LogP contribution >= 0.6 is 24.8 Å². The smallest absolute Gasteiger partial charge is 0.0933 e. The Hall–Kier alpha value is 0.460. The van der Waals surface area contributed by atoms with Crippen LogP contribution in [0.5, 0.6) is 0 Å². The van der Waals surface area contributed by atoms with Crippen LogP contribution in [-0.4, -0.2) is 49.3 Å². The molecule has 1 unspecified atom stereocenters. The van der Waals surface area contributed by atoms with E-state index in [4.69, 9.17) is 4.74 Å². The van der Waals surface area contributed by atoms with E-state index in [1.807, 2.05) is 0 Å². The number of piperidine rings is 1. The van der Waals surface area contributed by atoms with Crippen molar-refractivity contribution in [2.45, 2.75) is 43.7 Å². The van der Waals surface area contributed by atoms with Gasteiger partial charge in [-0.3, -0.25) is 4.90 Å². The van der Waals surface area contributed by atoms with E-state index in [-0.39, 0.29) is 30.4 Å². The minimum absolute atomic E-state index is 0. The molecule has 0 aromatic rings. The molecule has 3 aliphatic rings. The number of hydrogen-bond donors (Lipinski definition) is 1. The molecule has 1 spiro atoms. The van der Waals surface area contributed by atoms with Crippen LogP contribution in [-0.2, 0) is 4.74 Å². The summed E-state index contributed by atoms with van der Waals surface area (Å²) in [5, 5.41) is 3.49. The first kappa shape index (κ1) is 15.5. The van der Waals surface area contributed by atoms with Crippen LogP contribution in [0.4, 0.5) is 0 Å². The highest BCUT2D eigenvalue weighted by Crippen LogP contribution is 2.31. The van der Waals surface area contributed by atoms with Crippen LogP contribution < -0.4 is 5.32 Å². The molecule has 102 valence electrons. The van der Waals surface area contributed by atoms with Crippen LogP contribution in [0.15, 0.2) is 0 Å². The van der Waals surface area contributed by atoms with Gasteiger partial charge in [-0.05, 0) is 32.2 Å². The van der Waals surface area contributed by atoms with Gasteiger partial charge >= 0.3 is 0 Å². The van der Waals surface area contributed by atoms with Crippen molar-refractivity contribution in [3.63, 3.8) is 0 Å².